The number of amides is 1. The Kier molecular flexibility index (Phi) is 6.94. The maximum Gasteiger partial charge on any atom is 0.256 e. The van der Waals surface area contributed by atoms with Gasteiger partial charge in [0.2, 0.25) is 0 Å². The standard InChI is InChI=1S/C25H29N5O2/c1-30(20-8-4-3-5-9-20)24-22(25(31)28-16-18-7-6-14-26-15-18)17-27-23(29-24)19-10-12-21(32-2)13-11-19/h6-7,10-15,17,20H,3-5,8-9,16H2,1-2H3,(H,28,31). The Morgan fingerprint density at radius 2 is 1.91 bits per heavy atom. The number of aromatic nitrogens is 3. The topological polar surface area (TPSA) is 80.2 Å². The fourth-order valence-corrected chi connectivity index (χ4v) is 4.10. The molecule has 1 aromatic carbocycles. The van der Waals surface area contributed by atoms with Crippen LogP contribution in [-0.4, -0.2) is 41.1 Å². The quantitative estimate of drug-likeness (QED) is 0.603. The van der Waals surface area contributed by atoms with Crippen LogP contribution >= 0.6 is 0 Å². The van der Waals surface area contributed by atoms with Crippen molar-refractivity contribution in [3.05, 3.63) is 66.1 Å². The zero-order chi connectivity index (χ0) is 22.3. The van der Waals surface area contributed by atoms with Gasteiger partial charge in [0.25, 0.3) is 5.91 Å². The van der Waals surface area contributed by atoms with Gasteiger partial charge in [-0.1, -0.05) is 25.3 Å². The second-order valence-electron chi connectivity index (χ2n) is 8.11. The Morgan fingerprint density at radius 3 is 2.59 bits per heavy atom. The number of carbonyl (C=O) groups is 1. The summed E-state index contributed by atoms with van der Waals surface area (Å²) in [5.74, 6) is 1.85. The summed E-state index contributed by atoms with van der Waals surface area (Å²) in [6.45, 7) is 0.402. The van der Waals surface area contributed by atoms with Crippen LogP contribution in [0.5, 0.6) is 5.75 Å². The Balaban J connectivity index is 1.63. The molecule has 1 aliphatic rings. The van der Waals surface area contributed by atoms with Crippen LogP contribution in [-0.2, 0) is 6.54 Å². The van der Waals surface area contributed by atoms with Gasteiger partial charge in [0.15, 0.2) is 5.82 Å². The van der Waals surface area contributed by atoms with E-state index in [1.807, 2.05) is 43.4 Å². The van der Waals surface area contributed by atoms with Gasteiger partial charge in [-0.3, -0.25) is 9.78 Å². The average Bonchev–Trinajstić information content (AvgIpc) is 2.87. The Bertz CT molecular complexity index is 1030. The highest BCUT2D eigenvalue weighted by molar-refractivity contribution is 5.98. The van der Waals surface area contributed by atoms with Gasteiger partial charge in [-0.15, -0.1) is 0 Å². The van der Waals surface area contributed by atoms with E-state index in [0.29, 0.717) is 29.8 Å². The van der Waals surface area contributed by atoms with E-state index >= 15 is 0 Å². The number of nitrogens with zero attached hydrogens (tertiary/aromatic N) is 4. The molecule has 7 heteroatoms. The molecule has 1 aliphatic carbocycles. The largest absolute Gasteiger partial charge is 0.497 e. The number of methoxy groups -OCH3 is 1. The summed E-state index contributed by atoms with van der Waals surface area (Å²) >= 11 is 0. The number of benzene rings is 1. The summed E-state index contributed by atoms with van der Waals surface area (Å²) in [4.78, 5) is 28.7. The van der Waals surface area contributed by atoms with Crippen molar-refractivity contribution < 1.29 is 9.53 Å². The van der Waals surface area contributed by atoms with E-state index in [1.54, 1.807) is 25.7 Å². The average molecular weight is 432 g/mol. The third kappa shape index (κ3) is 5.04. The van der Waals surface area contributed by atoms with Crippen molar-refractivity contribution in [2.24, 2.45) is 0 Å². The molecular formula is C25H29N5O2. The van der Waals surface area contributed by atoms with E-state index in [4.69, 9.17) is 9.72 Å². The number of anilines is 1. The van der Waals surface area contributed by atoms with E-state index in [2.05, 4.69) is 20.2 Å². The molecule has 2 heterocycles. The number of hydrogen-bond donors (Lipinski definition) is 1. The van der Waals surface area contributed by atoms with Gasteiger partial charge >= 0.3 is 0 Å². The maximum absolute atomic E-state index is 13.1. The van der Waals surface area contributed by atoms with Crippen molar-refractivity contribution in [2.75, 3.05) is 19.1 Å². The van der Waals surface area contributed by atoms with Crippen LogP contribution in [0.15, 0.2) is 55.0 Å². The molecule has 0 radical (unpaired) electrons. The van der Waals surface area contributed by atoms with Crippen LogP contribution in [0.4, 0.5) is 5.82 Å². The Hall–Kier alpha value is -3.48. The number of pyridine rings is 1. The SMILES string of the molecule is COc1ccc(-c2ncc(C(=O)NCc3cccnc3)c(N(C)C3CCCCC3)n2)cc1. The lowest BCUT2D eigenvalue weighted by Crippen LogP contribution is -2.36. The van der Waals surface area contributed by atoms with Gasteiger partial charge in [-0.05, 0) is 48.7 Å². The molecule has 0 atom stereocenters. The van der Waals surface area contributed by atoms with Gasteiger partial charge < -0.3 is 15.0 Å². The van der Waals surface area contributed by atoms with Gasteiger partial charge in [-0.25, -0.2) is 9.97 Å². The molecule has 1 N–H and O–H groups in total. The fourth-order valence-electron chi connectivity index (χ4n) is 4.10. The minimum atomic E-state index is -0.187. The van der Waals surface area contributed by atoms with Crippen LogP contribution in [0.1, 0.15) is 48.0 Å². The van der Waals surface area contributed by atoms with Crippen molar-refractivity contribution in [2.45, 2.75) is 44.7 Å². The summed E-state index contributed by atoms with van der Waals surface area (Å²) in [7, 11) is 3.68. The summed E-state index contributed by atoms with van der Waals surface area (Å²) in [5.41, 5.74) is 2.31. The number of carbonyl (C=O) groups excluding carboxylic acids is 1. The lowest BCUT2D eigenvalue weighted by molar-refractivity contribution is 0.0950. The first-order valence-corrected chi connectivity index (χ1v) is 11.1. The van der Waals surface area contributed by atoms with Crippen LogP contribution < -0.4 is 15.0 Å². The van der Waals surface area contributed by atoms with Gasteiger partial charge in [0, 0.05) is 43.8 Å². The van der Waals surface area contributed by atoms with E-state index in [9.17, 15) is 4.79 Å². The van der Waals surface area contributed by atoms with E-state index in [0.717, 1.165) is 29.7 Å². The molecule has 0 unspecified atom stereocenters. The number of nitrogens with one attached hydrogen (secondary N) is 1. The molecule has 1 saturated carbocycles. The molecule has 0 saturated heterocycles. The second kappa shape index (κ2) is 10.2. The molecule has 0 aliphatic heterocycles. The molecule has 166 valence electrons. The molecule has 4 rings (SSSR count). The van der Waals surface area contributed by atoms with E-state index in [1.165, 1.54) is 19.3 Å². The number of ether oxygens (including phenoxy) is 1. The zero-order valence-electron chi connectivity index (χ0n) is 18.6. The summed E-state index contributed by atoms with van der Waals surface area (Å²) in [5, 5.41) is 2.99. The Morgan fingerprint density at radius 1 is 1.12 bits per heavy atom. The fraction of sp³-hybridized carbons (Fsp3) is 0.360. The van der Waals surface area contributed by atoms with Gasteiger partial charge in [0.05, 0.1) is 7.11 Å². The third-order valence-corrected chi connectivity index (χ3v) is 5.99. The van der Waals surface area contributed by atoms with Crippen LogP contribution in [0.25, 0.3) is 11.4 Å². The minimum absolute atomic E-state index is 0.187. The zero-order valence-corrected chi connectivity index (χ0v) is 18.6. The molecule has 1 amide bonds. The first kappa shape index (κ1) is 21.7. The first-order chi connectivity index (χ1) is 15.7. The lowest BCUT2D eigenvalue weighted by Gasteiger charge is -2.33. The monoisotopic (exact) mass is 431 g/mol. The predicted molar refractivity (Wildman–Crippen MR) is 125 cm³/mol. The minimum Gasteiger partial charge on any atom is -0.497 e. The molecule has 32 heavy (non-hydrogen) atoms. The third-order valence-electron chi connectivity index (χ3n) is 5.99. The lowest BCUT2D eigenvalue weighted by atomic mass is 9.94. The van der Waals surface area contributed by atoms with Gasteiger partial charge in [0.1, 0.15) is 17.1 Å². The second-order valence-corrected chi connectivity index (χ2v) is 8.11. The van der Waals surface area contributed by atoms with Crippen LogP contribution in [0.2, 0.25) is 0 Å². The van der Waals surface area contributed by atoms with Crippen molar-refractivity contribution in [1.82, 2.24) is 20.3 Å². The highest BCUT2D eigenvalue weighted by Crippen LogP contribution is 2.29. The summed E-state index contributed by atoms with van der Waals surface area (Å²) in [6.07, 6.45) is 11.0. The first-order valence-electron chi connectivity index (χ1n) is 11.1. The smallest absolute Gasteiger partial charge is 0.256 e. The highest BCUT2D eigenvalue weighted by Gasteiger charge is 2.25. The molecule has 2 aromatic heterocycles. The molecule has 1 fully saturated rings. The summed E-state index contributed by atoms with van der Waals surface area (Å²) in [6, 6.07) is 11.8. The highest BCUT2D eigenvalue weighted by atomic mass is 16.5. The normalized spacial score (nSPS) is 14.1. The van der Waals surface area contributed by atoms with Crippen molar-refractivity contribution >= 4 is 11.7 Å². The Labute approximate surface area is 188 Å². The van der Waals surface area contributed by atoms with E-state index < -0.39 is 0 Å². The molecule has 3 aromatic rings. The van der Waals surface area contributed by atoms with Gasteiger partial charge in [-0.2, -0.15) is 0 Å². The number of hydrogen-bond acceptors (Lipinski definition) is 6. The molecular weight excluding hydrogens is 402 g/mol. The van der Waals surface area contributed by atoms with E-state index in [-0.39, 0.29) is 5.91 Å². The van der Waals surface area contributed by atoms with Crippen molar-refractivity contribution in [3.8, 4) is 17.1 Å². The molecule has 0 spiro atoms. The van der Waals surface area contributed by atoms with Crippen LogP contribution in [0, 0.1) is 0 Å². The van der Waals surface area contributed by atoms with Crippen LogP contribution in [0.3, 0.4) is 0 Å². The summed E-state index contributed by atoms with van der Waals surface area (Å²) < 4.78 is 5.25. The van der Waals surface area contributed by atoms with Crippen molar-refractivity contribution in [3.63, 3.8) is 0 Å². The predicted octanol–water partition coefficient (Wildman–Crippen LogP) is 4.25. The maximum atomic E-state index is 13.1. The molecule has 7 nitrogen and oxygen atoms in total. The number of rotatable bonds is 7. The van der Waals surface area contributed by atoms with Crippen molar-refractivity contribution in [1.29, 1.82) is 0 Å². The molecule has 0 bridgehead atoms.